The molecule has 3 fully saturated rings. The summed E-state index contributed by atoms with van der Waals surface area (Å²) >= 11 is 0. The first-order valence-corrected chi connectivity index (χ1v) is 9.53. The van der Waals surface area contributed by atoms with Gasteiger partial charge in [0.2, 0.25) is 5.91 Å². The molecule has 138 valence electrons. The van der Waals surface area contributed by atoms with Crippen LogP contribution in [0.5, 0.6) is 0 Å². The van der Waals surface area contributed by atoms with Crippen molar-refractivity contribution >= 4 is 5.91 Å². The van der Waals surface area contributed by atoms with Gasteiger partial charge in [-0.15, -0.1) is 0 Å². The Bertz CT molecular complexity index is 556. The highest BCUT2D eigenvalue weighted by molar-refractivity contribution is 5.77. The Labute approximate surface area is 149 Å². The first kappa shape index (κ1) is 17.1. The van der Waals surface area contributed by atoms with E-state index < -0.39 is 0 Å². The maximum Gasteiger partial charge on any atom is 0.248 e. The lowest BCUT2D eigenvalue weighted by atomic mass is 10.1. The minimum absolute atomic E-state index is 0.142. The lowest BCUT2D eigenvalue weighted by Crippen LogP contribution is -2.47. The molecule has 3 heterocycles. The average molecular weight is 348 g/mol. The third kappa shape index (κ3) is 4.07. The predicted octanol–water partition coefficient (Wildman–Crippen LogP) is 1.90. The quantitative estimate of drug-likeness (QED) is 0.786. The summed E-state index contributed by atoms with van der Waals surface area (Å²) in [6.45, 7) is 5.24. The lowest BCUT2D eigenvalue weighted by Gasteiger charge is -2.37. The lowest BCUT2D eigenvalue weighted by molar-refractivity contribution is -0.135. The number of ether oxygens (including phenoxy) is 2. The van der Waals surface area contributed by atoms with Crippen molar-refractivity contribution in [3.05, 3.63) is 24.2 Å². The molecule has 3 aliphatic rings. The van der Waals surface area contributed by atoms with Gasteiger partial charge in [0, 0.05) is 25.7 Å². The summed E-state index contributed by atoms with van der Waals surface area (Å²) in [5.74, 6) is 1.62. The second-order valence-corrected chi connectivity index (χ2v) is 7.47. The molecule has 0 aromatic carbocycles. The number of nitrogens with zero attached hydrogens (tertiary/aromatic N) is 2. The van der Waals surface area contributed by atoms with Crippen LogP contribution in [0, 0.1) is 5.92 Å². The second-order valence-electron chi connectivity index (χ2n) is 7.47. The van der Waals surface area contributed by atoms with Crippen molar-refractivity contribution in [3.8, 4) is 0 Å². The largest absolute Gasteiger partial charge is 0.468 e. The Kier molecular flexibility index (Phi) is 5.39. The normalized spacial score (nSPS) is 29.9. The van der Waals surface area contributed by atoms with Crippen molar-refractivity contribution in [2.75, 3.05) is 39.5 Å². The van der Waals surface area contributed by atoms with E-state index in [2.05, 4.69) is 4.90 Å². The van der Waals surface area contributed by atoms with Crippen molar-refractivity contribution in [1.82, 2.24) is 9.80 Å². The van der Waals surface area contributed by atoms with Crippen LogP contribution in [0.25, 0.3) is 0 Å². The van der Waals surface area contributed by atoms with Crippen LogP contribution < -0.4 is 0 Å². The van der Waals surface area contributed by atoms with E-state index in [1.54, 1.807) is 6.26 Å². The highest BCUT2D eigenvalue weighted by Crippen LogP contribution is 2.35. The third-order valence-corrected chi connectivity index (χ3v) is 5.73. The van der Waals surface area contributed by atoms with Crippen LogP contribution in [-0.4, -0.2) is 67.3 Å². The molecular formula is C19H28N2O4. The first-order chi connectivity index (χ1) is 12.3. The van der Waals surface area contributed by atoms with Gasteiger partial charge < -0.3 is 18.8 Å². The Morgan fingerprint density at radius 3 is 2.92 bits per heavy atom. The van der Waals surface area contributed by atoms with Gasteiger partial charge in [0.1, 0.15) is 12.4 Å². The first-order valence-electron chi connectivity index (χ1n) is 9.53. The molecule has 2 saturated heterocycles. The Hall–Kier alpha value is -1.37. The van der Waals surface area contributed by atoms with Crippen LogP contribution in [-0.2, 0) is 20.8 Å². The number of fused-ring (bicyclic) bond motifs is 1. The van der Waals surface area contributed by atoms with Gasteiger partial charge in [0.15, 0.2) is 0 Å². The molecule has 1 aromatic heterocycles. The fourth-order valence-corrected chi connectivity index (χ4v) is 4.43. The zero-order chi connectivity index (χ0) is 17.1. The van der Waals surface area contributed by atoms with Crippen molar-refractivity contribution < 1.29 is 18.7 Å². The van der Waals surface area contributed by atoms with E-state index in [-0.39, 0.29) is 18.6 Å². The topological polar surface area (TPSA) is 55.2 Å². The maximum absolute atomic E-state index is 12.1. The van der Waals surface area contributed by atoms with E-state index >= 15 is 0 Å². The smallest absolute Gasteiger partial charge is 0.248 e. The third-order valence-electron chi connectivity index (χ3n) is 5.73. The summed E-state index contributed by atoms with van der Waals surface area (Å²) in [6.07, 6.45) is 6.36. The van der Waals surface area contributed by atoms with Crippen molar-refractivity contribution in [1.29, 1.82) is 0 Å². The summed E-state index contributed by atoms with van der Waals surface area (Å²) in [5, 5.41) is 0. The van der Waals surface area contributed by atoms with Crippen molar-refractivity contribution in [2.24, 2.45) is 5.92 Å². The number of hydrogen-bond acceptors (Lipinski definition) is 5. The van der Waals surface area contributed by atoms with Crippen LogP contribution in [0.3, 0.4) is 0 Å². The molecule has 2 aliphatic heterocycles. The summed E-state index contributed by atoms with van der Waals surface area (Å²) in [5.41, 5.74) is 0. The van der Waals surface area contributed by atoms with Crippen molar-refractivity contribution in [2.45, 2.75) is 44.4 Å². The molecule has 1 amide bonds. The van der Waals surface area contributed by atoms with Crippen LogP contribution in [0.4, 0.5) is 0 Å². The number of hydrogen-bond donors (Lipinski definition) is 0. The Morgan fingerprint density at radius 2 is 2.12 bits per heavy atom. The van der Waals surface area contributed by atoms with Gasteiger partial charge in [-0.25, -0.2) is 0 Å². The molecule has 0 N–H and O–H groups in total. The highest BCUT2D eigenvalue weighted by atomic mass is 16.5. The van der Waals surface area contributed by atoms with Gasteiger partial charge in [-0.3, -0.25) is 9.69 Å². The standard InChI is InChI=1S/C19H28N2O4/c22-19(20-5-1-2-6-20)14-23-13-15-10-17-18(11-15)25-9-7-21(17)12-16-4-3-8-24-16/h3-4,8,15,17-18H,1-2,5-7,9-14H2. The fourth-order valence-electron chi connectivity index (χ4n) is 4.43. The number of carbonyl (C=O) groups excluding carboxylic acids is 1. The fraction of sp³-hybridized carbons (Fsp3) is 0.737. The van der Waals surface area contributed by atoms with E-state index in [1.165, 1.54) is 0 Å². The second kappa shape index (κ2) is 7.89. The molecule has 0 radical (unpaired) electrons. The monoisotopic (exact) mass is 348 g/mol. The van der Waals surface area contributed by atoms with Crippen LogP contribution in [0.15, 0.2) is 22.8 Å². The highest BCUT2D eigenvalue weighted by Gasteiger charge is 2.41. The molecule has 1 aromatic rings. The molecule has 4 rings (SSSR count). The van der Waals surface area contributed by atoms with E-state index in [4.69, 9.17) is 13.9 Å². The van der Waals surface area contributed by atoms with Gasteiger partial charge in [-0.1, -0.05) is 0 Å². The molecule has 25 heavy (non-hydrogen) atoms. The molecule has 0 bridgehead atoms. The minimum atomic E-state index is 0.142. The van der Waals surface area contributed by atoms with Crippen LogP contribution >= 0.6 is 0 Å². The maximum atomic E-state index is 12.1. The number of furan rings is 1. The summed E-state index contributed by atoms with van der Waals surface area (Å²) < 4.78 is 17.2. The SMILES string of the molecule is O=C(COCC1CC2OCCN(Cc3ccco3)C2C1)N1CCCC1. The van der Waals surface area contributed by atoms with E-state index in [1.807, 2.05) is 17.0 Å². The number of amides is 1. The Morgan fingerprint density at radius 1 is 1.24 bits per heavy atom. The molecule has 0 spiro atoms. The van der Waals surface area contributed by atoms with Gasteiger partial charge in [0.05, 0.1) is 32.1 Å². The zero-order valence-corrected chi connectivity index (χ0v) is 14.8. The molecule has 1 aliphatic carbocycles. The van der Waals surface area contributed by atoms with Crippen LogP contribution in [0.1, 0.15) is 31.4 Å². The van der Waals surface area contributed by atoms with Gasteiger partial charge in [-0.05, 0) is 43.7 Å². The van der Waals surface area contributed by atoms with Gasteiger partial charge in [-0.2, -0.15) is 0 Å². The predicted molar refractivity (Wildman–Crippen MR) is 92.0 cm³/mol. The van der Waals surface area contributed by atoms with E-state index in [9.17, 15) is 4.79 Å². The Balaban J connectivity index is 1.24. The number of likely N-dealkylation sites (tertiary alicyclic amines) is 1. The molecular weight excluding hydrogens is 320 g/mol. The summed E-state index contributed by atoms with van der Waals surface area (Å²) in [4.78, 5) is 16.5. The van der Waals surface area contributed by atoms with Gasteiger partial charge >= 0.3 is 0 Å². The van der Waals surface area contributed by atoms with E-state index in [0.717, 1.165) is 64.2 Å². The zero-order valence-electron chi connectivity index (χ0n) is 14.8. The van der Waals surface area contributed by atoms with E-state index in [0.29, 0.717) is 18.6 Å². The molecule has 3 unspecified atom stereocenters. The molecule has 1 saturated carbocycles. The summed E-state index contributed by atoms with van der Waals surface area (Å²) in [7, 11) is 0. The van der Waals surface area contributed by atoms with Crippen molar-refractivity contribution in [3.63, 3.8) is 0 Å². The number of morpholine rings is 1. The minimum Gasteiger partial charge on any atom is -0.468 e. The summed E-state index contributed by atoms with van der Waals surface area (Å²) in [6, 6.07) is 4.40. The van der Waals surface area contributed by atoms with Crippen LogP contribution in [0.2, 0.25) is 0 Å². The average Bonchev–Trinajstić information content (AvgIpc) is 3.36. The molecule has 6 nitrogen and oxygen atoms in total. The molecule has 3 atom stereocenters. The van der Waals surface area contributed by atoms with Gasteiger partial charge in [0.25, 0.3) is 0 Å². The number of rotatable bonds is 6. The number of carbonyl (C=O) groups is 1. The molecule has 6 heteroatoms.